The number of benzene rings is 1. The molecule has 1 aliphatic heterocycles. The molecule has 1 fully saturated rings. The van der Waals surface area contributed by atoms with Gasteiger partial charge in [0.1, 0.15) is 12.4 Å². The minimum atomic E-state index is 0.554. The van der Waals surface area contributed by atoms with Gasteiger partial charge < -0.3 is 14.8 Å². The van der Waals surface area contributed by atoms with Gasteiger partial charge in [-0.3, -0.25) is 0 Å². The van der Waals surface area contributed by atoms with E-state index in [9.17, 15) is 0 Å². The maximum atomic E-state index is 6.17. The van der Waals surface area contributed by atoms with Crippen molar-refractivity contribution in [1.82, 2.24) is 5.32 Å². The predicted molar refractivity (Wildman–Crippen MR) is 81.2 cm³/mol. The van der Waals surface area contributed by atoms with Crippen molar-refractivity contribution in [1.29, 1.82) is 0 Å². The summed E-state index contributed by atoms with van der Waals surface area (Å²) in [5.41, 5.74) is 1.05. The van der Waals surface area contributed by atoms with Gasteiger partial charge in [0.25, 0.3) is 0 Å². The van der Waals surface area contributed by atoms with Crippen molar-refractivity contribution in [2.45, 2.75) is 25.8 Å². The van der Waals surface area contributed by atoms with Crippen LogP contribution in [-0.4, -0.2) is 32.4 Å². The summed E-state index contributed by atoms with van der Waals surface area (Å²) in [6.07, 6.45) is 2.16. The Labute approximate surface area is 127 Å². The third kappa shape index (κ3) is 4.63. The molecular weight excluding hydrogens is 330 g/mol. The Morgan fingerprint density at radius 3 is 2.84 bits per heavy atom. The molecule has 1 saturated heterocycles. The molecule has 0 spiro atoms. The summed E-state index contributed by atoms with van der Waals surface area (Å²) in [7, 11) is 0. The Kier molecular flexibility index (Phi) is 5.95. The number of hydrogen-bond donors (Lipinski definition) is 1. The lowest BCUT2D eigenvalue weighted by Gasteiger charge is -2.23. The van der Waals surface area contributed by atoms with Gasteiger partial charge in [-0.2, -0.15) is 0 Å². The topological polar surface area (TPSA) is 30.5 Å². The molecule has 3 nitrogen and oxygen atoms in total. The van der Waals surface area contributed by atoms with E-state index in [0.717, 1.165) is 48.4 Å². The van der Waals surface area contributed by atoms with E-state index in [-0.39, 0.29) is 0 Å². The third-order valence-electron chi connectivity index (χ3n) is 3.20. The number of halogens is 2. The van der Waals surface area contributed by atoms with E-state index in [0.29, 0.717) is 17.7 Å². The lowest BCUT2D eigenvalue weighted by atomic mass is 10.1. The highest BCUT2D eigenvalue weighted by Gasteiger charge is 2.13. The zero-order chi connectivity index (χ0) is 13.7. The van der Waals surface area contributed by atoms with Crippen molar-refractivity contribution < 1.29 is 9.47 Å². The van der Waals surface area contributed by atoms with Gasteiger partial charge in [0.05, 0.1) is 5.02 Å². The molecule has 1 aliphatic rings. The third-order valence-corrected chi connectivity index (χ3v) is 3.94. The first-order chi connectivity index (χ1) is 9.16. The Balaban J connectivity index is 1.76. The highest BCUT2D eigenvalue weighted by atomic mass is 79.9. The molecule has 1 N–H and O–H groups in total. The van der Waals surface area contributed by atoms with Gasteiger partial charge in [0.15, 0.2) is 0 Å². The number of rotatable bonds is 5. The molecule has 0 unspecified atom stereocenters. The van der Waals surface area contributed by atoms with Crippen LogP contribution in [0.5, 0.6) is 5.75 Å². The van der Waals surface area contributed by atoms with E-state index >= 15 is 0 Å². The van der Waals surface area contributed by atoms with Gasteiger partial charge in [-0.15, -0.1) is 0 Å². The van der Waals surface area contributed by atoms with Gasteiger partial charge in [-0.25, -0.2) is 0 Å². The predicted octanol–water partition coefficient (Wildman–Crippen LogP) is 3.56. The van der Waals surface area contributed by atoms with Gasteiger partial charge >= 0.3 is 0 Å². The molecular formula is C14H19BrClNO2. The minimum absolute atomic E-state index is 0.554. The Hall–Kier alpha value is -0.290. The maximum absolute atomic E-state index is 6.17. The summed E-state index contributed by atoms with van der Waals surface area (Å²) < 4.78 is 12.1. The molecule has 1 aromatic carbocycles. The smallest absolute Gasteiger partial charge is 0.140 e. The zero-order valence-corrected chi connectivity index (χ0v) is 13.4. The molecule has 0 amide bonds. The molecule has 0 atom stereocenters. The van der Waals surface area contributed by atoms with Gasteiger partial charge in [0, 0.05) is 30.3 Å². The SMILES string of the molecule is Cc1cc(Br)cc(Cl)c1OCCNC1CCOCC1. The van der Waals surface area contributed by atoms with E-state index < -0.39 is 0 Å². The molecule has 5 heteroatoms. The van der Waals surface area contributed by atoms with Crippen LogP contribution in [0.3, 0.4) is 0 Å². The van der Waals surface area contributed by atoms with Crippen LogP contribution in [0.25, 0.3) is 0 Å². The van der Waals surface area contributed by atoms with Gasteiger partial charge in [-0.1, -0.05) is 27.5 Å². The fourth-order valence-corrected chi connectivity index (χ4v) is 3.21. The summed E-state index contributed by atoms with van der Waals surface area (Å²) in [5, 5.41) is 4.14. The number of hydrogen-bond acceptors (Lipinski definition) is 3. The average molecular weight is 349 g/mol. The molecule has 0 saturated carbocycles. The molecule has 0 aliphatic carbocycles. The lowest BCUT2D eigenvalue weighted by Crippen LogP contribution is -2.37. The van der Waals surface area contributed by atoms with Crippen LogP contribution in [0.15, 0.2) is 16.6 Å². The zero-order valence-electron chi connectivity index (χ0n) is 11.0. The van der Waals surface area contributed by atoms with E-state index in [1.807, 2.05) is 19.1 Å². The van der Waals surface area contributed by atoms with Gasteiger partial charge in [0.2, 0.25) is 0 Å². The second-order valence-corrected chi connectivity index (χ2v) is 6.05. The number of ether oxygens (including phenoxy) is 2. The van der Waals surface area contributed by atoms with Crippen LogP contribution >= 0.6 is 27.5 Å². The summed E-state index contributed by atoms with van der Waals surface area (Å²) in [6.45, 7) is 5.17. The highest BCUT2D eigenvalue weighted by Crippen LogP contribution is 2.31. The van der Waals surface area contributed by atoms with E-state index in [1.165, 1.54) is 0 Å². The number of nitrogens with one attached hydrogen (secondary N) is 1. The molecule has 1 heterocycles. The summed E-state index contributed by atoms with van der Waals surface area (Å²) >= 11 is 9.59. The Bertz CT molecular complexity index is 399. The first-order valence-electron chi connectivity index (χ1n) is 6.56. The monoisotopic (exact) mass is 347 g/mol. The minimum Gasteiger partial charge on any atom is -0.490 e. The molecule has 106 valence electrons. The van der Waals surface area contributed by atoms with Crippen molar-refractivity contribution in [3.05, 3.63) is 27.2 Å². The quantitative estimate of drug-likeness (QED) is 0.825. The van der Waals surface area contributed by atoms with Crippen molar-refractivity contribution >= 4 is 27.5 Å². The van der Waals surface area contributed by atoms with Crippen LogP contribution in [0.2, 0.25) is 5.02 Å². The molecule has 0 radical (unpaired) electrons. The van der Waals surface area contributed by atoms with Gasteiger partial charge in [-0.05, 0) is 37.5 Å². The highest BCUT2D eigenvalue weighted by molar-refractivity contribution is 9.10. The first-order valence-corrected chi connectivity index (χ1v) is 7.73. The normalized spacial score (nSPS) is 16.6. The molecule has 0 aromatic heterocycles. The summed E-state index contributed by atoms with van der Waals surface area (Å²) in [4.78, 5) is 0. The van der Waals surface area contributed by atoms with Crippen molar-refractivity contribution in [3.8, 4) is 5.75 Å². The average Bonchev–Trinajstić information content (AvgIpc) is 2.38. The second kappa shape index (κ2) is 7.48. The molecule has 19 heavy (non-hydrogen) atoms. The summed E-state index contributed by atoms with van der Waals surface area (Å²) in [6, 6.07) is 4.42. The molecule has 0 bridgehead atoms. The van der Waals surface area contributed by atoms with Crippen LogP contribution in [-0.2, 0) is 4.74 Å². The van der Waals surface area contributed by atoms with Crippen LogP contribution in [0, 0.1) is 6.92 Å². The fraction of sp³-hybridized carbons (Fsp3) is 0.571. The molecule has 1 aromatic rings. The molecule has 2 rings (SSSR count). The number of aryl methyl sites for hydroxylation is 1. The van der Waals surface area contributed by atoms with Crippen molar-refractivity contribution in [3.63, 3.8) is 0 Å². The Morgan fingerprint density at radius 1 is 1.42 bits per heavy atom. The first kappa shape index (κ1) is 15.1. The lowest BCUT2D eigenvalue weighted by molar-refractivity contribution is 0.0770. The van der Waals surface area contributed by atoms with E-state index in [4.69, 9.17) is 21.1 Å². The standard InChI is InChI=1S/C14H19BrClNO2/c1-10-8-11(15)9-13(16)14(10)19-7-4-17-12-2-5-18-6-3-12/h8-9,12,17H,2-7H2,1H3. The van der Waals surface area contributed by atoms with Crippen LogP contribution < -0.4 is 10.1 Å². The van der Waals surface area contributed by atoms with Crippen molar-refractivity contribution in [2.75, 3.05) is 26.4 Å². The second-order valence-electron chi connectivity index (χ2n) is 4.72. The summed E-state index contributed by atoms with van der Waals surface area (Å²) in [5.74, 6) is 0.777. The van der Waals surface area contributed by atoms with Crippen molar-refractivity contribution in [2.24, 2.45) is 0 Å². The largest absolute Gasteiger partial charge is 0.490 e. The Morgan fingerprint density at radius 2 is 2.16 bits per heavy atom. The van der Waals surface area contributed by atoms with Crippen LogP contribution in [0.1, 0.15) is 18.4 Å². The maximum Gasteiger partial charge on any atom is 0.140 e. The van der Waals surface area contributed by atoms with E-state index in [1.54, 1.807) is 0 Å². The fourth-order valence-electron chi connectivity index (χ4n) is 2.19. The van der Waals surface area contributed by atoms with E-state index in [2.05, 4.69) is 21.2 Å². The van der Waals surface area contributed by atoms with Crippen LogP contribution in [0.4, 0.5) is 0 Å².